The molecule has 168 valence electrons. The number of anilines is 3. The van der Waals surface area contributed by atoms with Crippen LogP contribution in [-0.4, -0.2) is 6.61 Å². The summed E-state index contributed by atoms with van der Waals surface area (Å²) >= 11 is 0. The van der Waals surface area contributed by atoms with E-state index in [2.05, 4.69) is 83.4 Å². The Morgan fingerprint density at radius 2 is 1.70 bits per heavy atom. The van der Waals surface area contributed by atoms with Gasteiger partial charge in [0.25, 0.3) is 0 Å². The van der Waals surface area contributed by atoms with Crippen LogP contribution < -0.4 is 9.64 Å². The summed E-state index contributed by atoms with van der Waals surface area (Å²) in [5.74, 6) is 0.925. The molecule has 0 saturated carbocycles. The molecule has 1 heterocycles. The molecular weight excluding hydrogens is 404 g/mol. The molecule has 0 N–H and O–H groups in total. The van der Waals surface area contributed by atoms with E-state index in [1.165, 1.54) is 41.8 Å². The molecule has 3 nitrogen and oxygen atoms in total. The van der Waals surface area contributed by atoms with Crippen molar-refractivity contribution in [3.8, 4) is 5.75 Å². The Hall–Kier alpha value is -3.51. The van der Waals surface area contributed by atoms with Gasteiger partial charge in [-0.25, -0.2) is 4.85 Å². The SMILES string of the molecule is [C-]#[N+]/C(C)=C\c1ccc2c(c1)CCc1ccccc1N2c1ccc(OCCCCCC)cc1. The largest absolute Gasteiger partial charge is 0.494 e. The zero-order chi connectivity index (χ0) is 23.0. The number of hydrogen-bond donors (Lipinski definition) is 0. The van der Waals surface area contributed by atoms with E-state index in [9.17, 15) is 0 Å². The van der Waals surface area contributed by atoms with E-state index in [0.717, 1.165) is 42.9 Å². The fourth-order valence-corrected chi connectivity index (χ4v) is 4.42. The van der Waals surface area contributed by atoms with Gasteiger partial charge in [-0.3, -0.25) is 0 Å². The topological polar surface area (TPSA) is 16.8 Å². The van der Waals surface area contributed by atoms with Crippen LogP contribution in [0.4, 0.5) is 17.1 Å². The first-order valence-corrected chi connectivity index (χ1v) is 12.0. The van der Waals surface area contributed by atoms with Gasteiger partial charge in [-0.1, -0.05) is 62.6 Å². The molecule has 0 spiro atoms. The second-order valence-electron chi connectivity index (χ2n) is 8.65. The van der Waals surface area contributed by atoms with Gasteiger partial charge in [-0.15, -0.1) is 0 Å². The van der Waals surface area contributed by atoms with E-state index in [4.69, 9.17) is 11.3 Å². The number of unbranched alkanes of at least 4 members (excludes halogenated alkanes) is 3. The molecule has 0 aliphatic carbocycles. The molecule has 0 unspecified atom stereocenters. The maximum atomic E-state index is 7.24. The highest BCUT2D eigenvalue weighted by Crippen LogP contribution is 2.42. The third-order valence-electron chi connectivity index (χ3n) is 6.15. The lowest BCUT2D eigenvalue weighted by Gasteiger charge is -2.27. The van der Waals surface area contributed by atoms with Crippen molar-refractivity contribution >= 4 is 23.1 Å². The highest BCUT2D eigenvalue weighted by Gasteiger charge is 2.22. The van der Waals surface area contributed by atoms with Crippen LogP contribution in [0.1, 0.15) is 56.2 Å². The fourth-order valence-electron chi connectivity index (χ4n) is 4.42. The minimum Gasteiger partial charge on any atom is -0.494 e. The molecule has 0 saturated heterocycles. The summed E-state index contributed by atoms with van der Waals surface area (Å²) in [5, 5.41) is 0. The molecule has 0 aromatic heterocycles. The van der Waals surface area contributed by atoms with Gasteiger partial charge < -0.3 is 9.64 Å². The molecule has 3 aromatic rings. The van der Waals surface area contributed by atoms with Crippen molar-refractivity contribution in [2.24, 2.45) is 0 Å². The smallest absolute Gasteiger partial charge is 0.163 e. The van der Waals surface area contributed by atoms with Gasteiger partial charge in [0.2, 0.25) is 0 Å². The fraction of sp³-hybridized carbons (Fsp3) is 0.300. The standard InChI is InChI=1S/C30H32N2O/c1-4-5-6-9-20-33-28-17-15-27(16-18-28)32-29-11-8-7-10-25(29)13-14-26-22-24(12-19-30(26)32)21-23(2)31-3/h7-8,10-12,15-19,21-22H,4-6,9,13-14,20H2,1-2H3/b23-21-. The molecule has 0 bridgehead atoms. The van der Waals surface area contributed by atoms with E-state index in [1.54, 1.807) is 0 Å². The normalized spacial score (nSPS) is 13.0. The lowest BCUT2D eigenvalue weighted by molar-refractivity contribution is 0.305. The minimum absolute atomic E-state index is 0.703. The average molecular weight is 437 g/mol. The number of ether oxygens (including phenoxy) is 1. The average Bonchev–Trinajstić information content (AvgIpc) is 3.01. The summed E-state index contributed by atoms with van der Waals surface area (Å²) in [5.41, 5.74) is 7.99. The third-order valence-corrected chi connectivity index (χ3v) is 6.15. The van der Waals surface area contributed by atoms with Crippen LogP contribution in [0.3, 0.4) is 0 Å². The summed E-state index contributed by atoms with van der Waals surface area (Å²) in [6.07, 6.45) is 8.76. The zero-order valence-electron chi connectivity index (χ0n) is 19.7. The van der Waals surface area contributed by atoms with Crippen LogP contribution in [0.25, 0.3) is 10.9 Å². The van der Waals surface area contributed by atoms with E-state index in [0.29, 0.717) is 5.70 Å². The number of hydrogen-bond acceptors (Lipinski definition) is 2. The first-order valence-electron chi connectivity index (χ1n) is 12.0. The number of rotatable bonds is 8. The highest BCUT2D eigenvalue weighted by molar-refractivity contribution is 5.82. The Labute approximate surface area is 198 Å². The predicted octanol–water partition coefficient (Wildman–Crippen LogP) is 8.49. The van der Waals surface area contributed by atoms with E-state index in [-0.39, 0.29) is 0 Å². The van der Waals surface area contributed by atoms with E-state index >= 15 is 0 Å². The van der Waals surface area contributed by atoms with Crippen LogP contribution in [0.15, 0.2) is 72.4 Å². The van der Waals surface area contributed by atoms with Gasteiger partial charge >= 0.3 is 0 Å². The molecule has 0 radical (unpaired) electrons. The monoisotopic (exact) mass is 436 g/mol. The maximum absolute atomic E-state index is 7.24. The van der Waals surface area contributed by atoms with Crippen LogP contribution in [0.5, 0.6) is 5.75 Å². The Morgan fingerprint density at radius 3 is 2.48 bits per heavy atom. The Kier molecular flexibility index (Phi) is 7.47. The number of para-hydroxylation sites is 1. The lowest BCUT2D eigenvalue weighted by atomic mass is 10.0. The molecule has 1 aliphatic heterocycles. The first-order chi connectivity index (χ1) is 16.2. The van der Waals surface area contributed by atoms with Crippen molar-refractivity contribution in [3.63, 3.8) is 0 Å². The molecule has 0 atom stereocenters. The van der Waals surface area contributed by atoms with Crippen molar-refractivity contribution in [2.45, 2.75) is 52.4 Å². The van der Waals surface area contributed by atoms with Crippen molar-refractivity contribution in [2.75, 3.05) is 11.5 Å². The first kappa shape index (κ1) is 22.7. The van der Waals surface area contributed by atoms with Crippen molar-refractivity contribution in [3.05, 3.63) is 101 Å². The molecule has 4 rings (SSSR count). The maximum Gasteiger partial charge on any atom is 0.163 e. The molecule has 33 heavy (non-hydrogen) atoms. The number of benzene rings is 3. The van der Waals surface area contributed by atoms with Crippen LogP contribution in [0, 0.1) is 6.57 Å². The van der Waals surface area contributed by atoms with Gasteiger partial charge in [-0.05, 0) is 79.3 Å². The van der Waals surface area contributed by atoms with Crippen LogP contribution in [-0.2, 0) is 12.8 Å². The van der Waals surface area contributed by atoms with Crippen LogP contribution >= 0.6 is 0 Å². The number of allylic oxidation sites excluding steroid dienone is 1. The summed E-state index contributed by atoms with van der Waals surface area (Å²) in [6.45, 7) is 12.1. The van der Waals surface area contributed by atoms with Gasteiger partial charge in [0.15, 0.2) is 5.70 Å². The Balaban J connectivity index is 1.65. The van der Waals surface area contributed by atoms with Crippen molar-refractivity contribution in [1.29, 1.82) is 0 Å². The molecular formula is C30H32N2O. The molecule has 0 amide bonds. The summed E-state index contributed by atoms with van der Waals surface area (Å²) in [4.78, 5) is 5.90. The summed E-state index contributed by atoms with van der Waals surface area (Å²) in [6, 6.07) is 23.7. The molecule has 0 fully saturated rings. The number of aryl methyl sites for hydroxylation is 2. The van der Waals surface area contributed by atoms with Gasteiger partial charge in [-0.2, -0.15) is 0 Å². The van der Waals surface area contributed by atoms with Crippen LogP contribution in [0.2, 0.25) is 0 Å². The van der Waals surface area contributed by atoms with Gasteiger partial charge in [0.05, 0.1) is 13.2 Å². The number of fused-ring (bicyclic) bond motifs is 2. The summed E-state index contributed by atoms with van der Waals surface area (Å²) in [7, 11) is 0. The molecule has 3 heteroatoms. The minimum atomic E-state index is 0.703. The van der Waals surface area contributed by atoms with E-state index in [1.807, 2.05) is 13.0 Å². The Bertz CT molecular complexity index is 1150. The summed E-state index contributed by atoms with van der Waals surface area (Å²) < 4.78 is 5.97. The molecule has 1 aliphatic rings. The second-order valence-corrected chi connectivity index (χ2v) is 8.65. The lowest BCUT2D eigenvalue weighted by Crippen LogP contribution is -2.11. The van der Waals surface area contributed by atoms with Crippen molar-refractivity contribution in [1.82, 2.24) is 0 Å². The van der Waals surface area contributed by atoms with Crippen molar-refractivity contribution < 1.29 is 4.74 Å². The third kappa shape index (κ3) is 5.46. The highest BCUT2D eigenvalue weighted by atomic mass is 16.5. The predicted molar refractivity (Wildman–Crippen MR) is 138 cm³/mol. The number of nitrogens with zero attached hydrogens (tertiary/aromatic N) is 2. The Morgan fingerprint density at radius 1 is 0.939 bits per heavy atom. The molecule has 3 aromatic carbocycles. The second kappa shape index (κ2) is 10.9. The quantitative estimate of drug-likeness (QED) is 0.260. The van der Waals surface area contributed by atoms with E-state index < -0.39 is 0 Å². The van der Waals surface area contributed by atoms with Gasteiger partial charge in [0.1, 0.15) is 5.75 Å². The van der Waals surface area contributed by atoms with Gasteiger partial charge in [0, 0.05) is 17.1 Å². The zero-order valence-corrected chi connectivity index (χ0v) is 19.7.